The molecule has 0 aromatic heterocycles. The molecule has 1 fully saturated rings. The lowest BCUT2D eigenvalue weighted by atomic mass is 9.89. The summed E-state index contributed by atoms with van der Waals surface area (Å²) in [6.07, 6.45) is 4.51. The standard InChI is InChI=1S/C14H17BrFNO2/c15-8-14(5-1-2-6-14)9-17-13(19)11-4-3-10(18)7-12(11)16/h3-4,7,18H,1-2,5-6,8-9H2,(H,17,19). The summed E-state index contributed by atoms with van der Waals surface area (Å²) in [4.78, 5) is 11.9. The molecule has 104 valence electrons. The fourth-order valence-electron chi connectivity index (χ4n) is 2.53. The van der Waals surface area contributed by atoms with Crippen molar-refractivity contribution in [1.82, 2.24) is 5.32 Å². The lowest BCUT2D eigenvalue weighted by Gasteiger charge is -2.26. The third kappa shape index (κ3) is 3.26. The summed E-state index contributed by atoms with van der Waals surface area (Å²) >= 11 is 3.51. The minimum absolute atomic E-state index is 0.0273. The smallest absolute Gasteiger partial charge is 0.254 e. The van der Waals surface area contributed by atoms with E-state index in [2.05, 4.69) is 21.2 Å². The highest BCUT2D eigenvalue weighted by Crippen LogP contribution is 2.39. The average Bonchev–Trinajstić information content (AvgIpc) is 2.85. The molecule has 0 radical (unpaired) electrons. The Labute approximate surface area is 120 Å². The van der Waals surface area contributed by atoms with Crippen LogP contribution in [0.15, 0.2) is 18.2 Å². The number of nitrogens with one attached hydrogen (secondary N) is 1. The fraction of sp³-hybridized carbons (Fsp3) is 0.500. The van der Waals surface area contributed by atoms with Crippen molar-refractivity contribution >= 4 is 21.8 Å². The molecule has 1 aliphatic rings. The SMILES string of the molecule is O=C(NCC1(CBr)CCCC1)c1ccc(O)cc1F. The molecule has 0 atom stereocenters. The van der Waals surface area contributed by atoms with Gasteiger partial charge in [0.1, 0.15) is 11.6 Å². The molecule has 1 saturated carbocycles. The number of amides is 1. The number of phenolic OH excluding ortho intramolecular Hbond substituents is 1. The Morgan fingerprint density at radius 1 is 1.42 bits per heavy atom. The van der Waals surface area contributed by atoms with Crippen LogP contribution in [0, 0.1) is 11.2 Å². The number of phenols is 1. The average molecular weight is 330 g/mol. The van der Waals surface area contributed by atoms with E-state index in [9.17, 15) is 9.18 Å². The fourth-order valence-corrected chi connectivity index (χ4v) is 3.29. The molecule has 1 aromatic rings. The number of aromatic hydroxyl groups is 1. The van der Waals surface area contributed by atoms with Gasteiger partial charge in [0.25, 0.3) is 5.91 Å². The van der Waals surface area contributed by atoms with Crippen LogP contribution in [0.3, 0.4) is 0 Å². The summed E-state index contributed by atoms with van der Waals surface area (Å²) in [6.45, 7) is 0.553. The van der Waals surface area contributed by atoms with Crippen molar-refractivity contribution in [2.45, 2.75) is 25.7 Å². The second-order valence-corrected chi connectivity index (χ2v) is 5.75. The monoisotopic (exact) mass is 329 g/mol. The van der Waals surface area contributed by atoms with E-state index in [0.717, 1.165) is 24.2 Å². The normalized spacial score (nSPS) is 17.4. The van der Waals surface area contributed by atoms with Gasteiger partial charge in [0.2, 0.25) is 0 Å². The summed E-state index contributed by atoms with van der Waals surface area (Å²) in [6, 6.07) is 3.56. The number of halogens is 2. The molecule has 0 bridgehead atoms. The highest BCUT2D eigenvalue weighted by Gasteiger charge is 2.33. The summed E-state index contributed by atoms with van der Waals surface area (Å²) in [7, 11) is 0. The first kappa shape index (κ1) is 14.3. The first-order chi connectivity index (χ1) is 9.06. The Bertz CT molecular complexity index is 473. The molecular formula is C14H17BrFNO2. The lowest BCUT2D eigenvalue weighted by molar-refractivity contribution is 0.0931. The Balaban J connectivity index is 2.01. The molecule has 1 aromatic carbocycles. The Morgan fingerprint density at radius 2 is 2.11 bits per heavy atom. The molecule has 19 heavy (non-hydrogen) atoms. The maximum absolute atomic E-state index is 13.5. The maximum atomic E-state index is 13.5. The molecule has 1 amide bonds. The summed E-state index contributed by atoms with van der Waals surface area (Å²) < 4.78 is 13.5. The molecule has 2 rings (SSSR count). The minimum Gasteiger partial charge on any atom is -0.508 e. The van der Waals surface area contributed by atoms with E-state index in [1.807, 2.05) is 0 Å². The molecule has 3 nitrogen and oxygen atoms in total. The van der Waals surface area contributed by atoms with E-state index in [1.165, 1.54) is 25.0 Å². The highest BCUT2D eigenvalue weighted by molar-refractivity contribution is 9.09. The zero-order chi connectivity index (χ0) is 13.9. The van der Waals surface area contributed by atoms with E-state index in [-0.39, 0.29) is 16.7 Å². The van der Waals surface area contributed by atoms with E-state index in [1.54, 1.807) is 0 Å². The molecule has 0 heterocycles. The van der Waals surface area contributed by atoms with Crippen molar-refractivity contribution in [3.05, 3.63) is 29.6 Å². The number of rotatable bonds is 4. The minimum atomic E-state index is -0.697. The van der Waals surface area contributed by atoms with Crippen LogP contribution in [0.5, 0.6) is 5.75 Å². The molecule has 2 N–H and O–H groups in total. The number of benzene rings is 1. The second-order valence-electron chi connectivity index (χ2n) is 5.19. The van der Waals surface area contributed by atoms with Crippen LogP contribution in [0.2, 0.25) is 0 Å². The zero-order valence-electron chi connectivity index (χ0n) is 10.6. The van der Waals surface area contributed by atoms with Gasteiger partial charge in [0.15, 0.2) is 0 Å². The van der Waals surface area contributed by atoms with Gasteiger partial charge in [-0.3, -0.25) is 4.79 Å². The Kier molecular flexibility index (Phi) is 4.45. The third-order valence-electron chi connectivity index (χ3n) is 3.77. The van der Waals surface area contributed by atoms with Crippen molar-refractivity contribution < 1.29 is 14.3 Å². The van der Waals surface area contributed by atoms with Crippen LogP contribution in [0.4, 0.5) is 4.39 Å². The van der Waals surface area contributed by atoms with Crippen LogP contribution in [0.1, 0.15) is 36.0 Å². The van der Waals surface area contributed by atoms with Crippen molar-refractivity contribution in [1.29, 1.82) is 0 Å². The number of carbonyl (C=O) groups excluding carboxylic acids is 1. The molecule has 5 heteroatoms. The number of hydrogen-bond donors (Lipinski definition) is 2. The number of hydrogen-bond acceptors (Lipinski definition) is 2. The first-order valence-electron chi connectivity index (χ1n) is 6.39. The van der Waals surface area contributed by atoms with Gasteiger partial charge in [-0.2, -0.15) is 0 Å². The maximum Gasteiger partial charge on any atom is 0.254 e. The second kappa shape index (κ2) is 5.90. The van der Waals surface area contributed by atoms with Gasteiger partial charge in [-0.1, -0.05) is 28.8 Å². The molecular weight excluding hydrogens is 313 g/mol. The number of alkyl halides is 1. The predicted molar refractivity (Wildman–Crippen MR) is 75.1 cm³/mol. The van der Waals surface area contributed by atoms with Gasteiger partial charge in [0, 0.05) is 17.9 Å². The van der Waals surface area contributed by atoms with Gasteiger partial charge in [0.05, 0.1) is 5.56 Å². The van der Waals surface area contributed by atoms with Crippen LogP contribution < -0.4 is 5.32 Å². The lowest BCUT2D eigenvalue weighted by Crippen LogP contribution is -2.37. The Hall–Kier alpha value is -1.10. The summed E-state index contributed by atoms with van der Waals surface area (Å²) in [5.41, 5.74) is 0.0730. The van der Waals surface area contributed by atoms with E-state index in [0.29, 0.717) is 6.54 Å². The van der Waals surface area contributed by atoms with Crippen LogP contribution in [0.25, 0.3) is 0 Å². The van der Waals surface area contributed by atoms with Crippen molar-refractivity contribution in [2.24, 2.45) is 5.41 Å². The van der Waals surface area contributed by atoms with Gasteiger partial charge < -0.3 is 10.4 Å². The van der Waals surface area contributed by atoms with E-state index < -0.39 is 11.7 Å². The Morgan fingerprint density at radius 3 is 2.68 bits per heavy atom. The third-order valence-corrected chi connectivity index (χ3v) is 4.96. The van der Waals surface area contributed by atoms with Gasteiger partial charge in [-0.15, -0.1) is 0 Å². The van der Waals surface area contributed by atoms with Crippen molar-refractivity contribution in [2.75, 3.05) is 11.9 Å². The van der Waals surface area contributed by atoms with Gasteiger partial charge in [-0.05, 0) is 30.4 Å². The van der Waals surface area contributed by atoms with E-state index in [4.69, 9.17) is 5.11 Å². The van der Waals surface area contributed by atoms with Crippen molar-refractivity contribution in [3.63, 3.8) is 0 Å². The summed E-state index contributed by atoms with van der Waals surface area (Å²) in [5.74, 6) is -1.30. The van der Waals surface area contributed by atoms with Crippen LogP contribution >= 0.6 is 15.9 Å². The zero-order valence-corrected chi connectivity index (χ0v) is 12.2. The molecule has 0 unspecified atom stereocenters. The number of carbonyl (C=O) groups is 1. The quantitative estimate of drug-likeness (QED) is 0.833. The molecule has 0 aliphatic heterocycles. The predicted octanol–water partition coefficient (Wildman–Crippen LogP) is 3.22. The van der Waals surface area contributed by atoms with Crippen LogP contribution in [-0.2, 0) is 0 Å². The summed E-state index contributed by atoms with van der Waals surface area (Å²) in [5, 5.41) is 12.8. The molecule has 1 aliphatic carbocycles. The topological polar surface area (TPSA) is 49.3 Å². The van der Waals surface area contributed by atoms with Crippen LogP contribution in [-0.4, -0.2) is 22.9 Å². The van der Waals surface area contributed by atoms with Gasteiger partial charge in [-0.25, -0.2) is 4.39 Å². The molecule has 0 spiro atoms. The largest absolute Gasteiger partial charge is 0.508 e. The van der Waals surface area contributed by atoms with Gasteiger partial charge >= 0.3 is 0 Å². The highest BCUT2D eigenvalue weighted by atomic mass is 79.9. The first-order valence-corrected chi connectivity index (χ1v) is 7.51. The van der Waals surface area contributed by atoms with E-state index >= 15 is 0 Å². The van der Waals surface area contributed by atoms with Crippen molar-refractivity contribution in [3.8, 4) is 5.75 Å². The molecule has 0 saturated heterocycles.